The van der Waals surface area contributed by atoms with Gasteiger partial charge < -0.3 is 10.6 Å². The minimum absolute atomic E-state index is 0.124. The largest absolute Gasteiger partial charge is 0.331 e. The number of hydrogen-bond acceptors (Lipinski definition) is 6. The van der Waals surface area contributed by atoms with Crippen molar-refractivity contribution in [2.24, 2.45) is 0 Å². The van der Waals surface area contributed by atoms with Gasteiger partial charge in [-0.3, -0.25) is 20.4 Å². The molecular formula is C14H14BrN5O2S3. The molecule has 0 aliphatic carbocycles. The predicted molar refractivity (Wildman–Crippen MR) is 110 cm³/mol. The van der Waals surface area contributed by atoms with E-state index in [0.29, 0.717) is 5.13 Å². The minimum Gasteiger partial charge on any atom is -0.331 e. The summed E-state index contributed by atoms with van der Waals surface area (Å²) < 4.78 is 0.959. The first-order valence-electron chi connectivity index (χ1n) is 6.91. The van der Waals surface area contributed by atoms with Crippen molar-refractivity contribution in [3.63, 3.8) is 0 Å². The molecule has 0 atom stereocenters. The highest BCUT2D eigenvalue weighted by atomic mass is 79.9. The van der Waals surface area contributed by atoms with E-state index in [9.17, 15) is 9.59 Å². The van der Waals surface area contributed by atoms with Crippen LogP contribution in [0.25, 0.3) is 0 Å². The van der Waals surface area contributed by atoms with Crippen LogP contribution in [0.1, 0.15) is 0 Å². The summed E-state index contributed by atoms with van der Waals surface area (Å²) >= 11 is 11.0. The summed E-state index contributed by atoms with van der Waals surface area (Å²) in [6, 6.07) is 7.43. The summed E-state index contributed by atoms with van der Waals surface area (Å²) in [5.41, 5.74) is 5.87. The molecule has 2 aromatic rings. The average Bonchev–Trinajstić information content (AvgIpc) is 3.08. The van der Waals surface area contributed by atoms with Crippen LogP contribution in [0.15, 0.2) is 40.3 Å². The molecule has 2 amide bonds. The number of carbonyl (C=O) groups excluding carboxylic acids is 2. The van der Waals surface area contributed by atoms with Gasteiger partial charge in [0.05, 0.1) is 11.5 Å². The zero-order valence-electron chi connectivity index (χ0n) is 12.7. The molecule has 0 saturated carbocycles. The fraction of sp³-hybridized carbons (Fsp3) is 0.143. The van der Waals surface area contributed by atoms with E-state index in [0.717, 1.165) is 10.2 Å². The number of thiazole rings is 1. The third-order valence-corrected chi connectivity index (χ3v) is 4.92. The average molecular weight is 460 g/mol. The van der Waals surface area contributed by atoms with Crippen LogP contribution in [0, 0.1) is 0 Å². The number of carbonyl (C=O) groups is 2. The van der Waals surface area contributed by atoms with Crippen LogP contribution in [-0.4, -0.2) is 33.4 Å². The summed E-state index contributed by atoms with van der Waals surface area (Å²) in [5.74, 6) is -0.200. The Labute approximate surface area is 166 Å². The Balaban J connectivity index is 1.59. The first-order valence-corrected chi connectivity index (χ1v) is 10.1. The molecule has 0 saturated heterocycles. The van der Waals surface area contributed by atoms with E-state index in [1.807, 2.05) is 24.3 Å². The van der Waals surface area contributed by atoms with E-state index in [-0.39, 0.29) is 28.4 Å². The second-order valence-electron chi connectivity index (χ2n) is 4.51. The van der Waals surface area contributed by atoms with E-state index < -0.39 is 0 Å². The van der Waals surface area contributed by atoms with Gasteiger partial charge >= 0.3 is 0 Å². The van der Waals surface area contributed by atoms with E-state index in [4.69, 9.17) is 12.2 Å². The van der Waals surface area contributed by atoms with Gasteiger partial charge in [0.15, 0.2) is 10.2 Å². The Kier molecular flexibility index (Phi) is 8.12. The molecule has 1 heterocycles. The molecule has 7 nitrogen and oxygen atoms in total. The van der Waals surface area contributed by atoms with Gasteiger partial charge in [0, 0.05) is 21.7 Å². The Morgan fingerprint density at radius 2 is 1.84 bits per heavy atom. The van der Waals surface area contributed by atoms with Gasteiger partial charge in [-0.15, -0.1) is 23.1 Å². The number of thiocarbonyl (C=S) groups is 1. The normalized spacial score (nSPS) is 9.96. The topological polar surface area (TPSA) is 95.2 Å². The van der Waals surface area contributed by atoms with Crippen molar-refractivity contribution in [3.8, 4) is 0 Å². The number of hydrogen-bond donors (Lipinski definition) is 4. The van der Waals surface area contributed by atoms with E-state index >= 15 is 0 Å². The Morgan fingerprint density at radius 1 is 1.12 bits per heavy atom. The van der Waals surface area contributed by atoms with Crippen molar-refractivity contribution in [1.82, 2.24) is 15.8 Å². The van der Waals surface area contributed by atoms with Crippen molar-refractivity contribution in [1.29, 1.82) is 0 Å². The molecule has 0 unspecified atom stereocenters. The maximum Gasteiger partial charge on any atom is 0.248 e. The quantitative estimate of drug-likeness (QED) is 0.389. The molecule has 0 fully saturated rings. The van der Waals surface area contributed by atoms with Crippen LogP contribution in [0.3, 0.4) is 0 Å². The van der Waals surface area contributed by atoms with E-state index in [2.05, 4.69) is 42.4 Å². The lowest BCUT2D eigenvalue weighted by molar-refractivity contribution is -0.119. The molecule has 1 aromatic carbocycles. The number of anilines is 2. The third kappa shape index (κ3) is 7.82. The minimum atomic E-state index is -0.285. The second-order valence-corrected chi connectivity index (χ2v) is 7.72. The predicted octanol–water partition coefficient (Wildman–Crippen LogP) is 2.60. The van der Waals surface area contributed by atoms with Crippen LogP contribution >= 0.6 is 51.2 Å². The van der Waals surface area contributed by atoms with Crippen molar-refractivity contribution < 1.29 is 9.59 Å². The number of rotatable bonds is 6. The molecule has 25 heavy (non-hydrogen) atoms. The summed E-state index contributed by atoms with van der Waals surface area (Å²) in [4.78, 5) is 27.3. The fourth-order valence-corrected chi connectivity index (χ4v) is 3.13. The molecule has 0 spiro atoms. The molecule has 4 N–H and O–H groups in total. The number of thioether (sulfide) groups is 1. The van der Waals surface area contributed by atoms with Gasteiger partial charge in [-0.05, 0) is 36.5 Å². The van der Waals surface area contributed by atoms with Crippen LogP contribution in [0.2, 0.25) is 0 Å². The van der Waals surface area contributed by atoms with Crippen molar-refractivity contribution in [3.05, 3.63) is 40.3 Å². The van der Waals surface area contributed by atoms with Gasteiger partial charge in [0.1, 0.15) is 0 Å². The van der Waals surface area contributed by atoms with Gasteiger partial charge in [-0.1, -0.05) is 15.9 Å². The zero-order valence-corrected chi connectivity index (χ0v) is 16.8. The molecule has 1 aromatic heterocycles. The van der Waals surface area contributed by atoms with Crippen molar-refractivity contribution >= 4 is 79.0 Å². The molecular weight excluding hydrogens is 446 g/mol. The first kappa shape index (κ1) is 19.6. The fourth-order valence-electron chi connectivity index (χ4n) is 1.54. The maximum atomic E-state index is 11.7. The number of nitrogens with one attached hydrogen (secondary N) is 4. The van der Waals surface area contributed by atoms with Gasteiger partial charge in [0.25, 0.3) is 0 Å². The standard InChI is InChI=1S/C14H14BrN5O2S3/c15-9-1-3-10(4-2-9)17-13(23)20-19-12(22)8-24-7-11(21)18-14-16-5-6-25-14/h1-6H,7-8H2,(H,19,22)(H,16,18,21)(H2,17,20,23). The number of hydrazine groups is 1. The van der Waals surface area contributed by atoms with Crippen molar-refractivity contribution in [2.45, 2.75) is 0 Å². The summed E-state index contributed by atoms with van der Waals surface area (Å²) in [6.07, 6.45) is 1.61. The molecule has 0 aliphatic heterocycles. The highest BCUT2D eigenvalue weighted by Gasteiger charge is 2.07. The number of amides is 2. The summed E-state index contributed by atoms with van der Waals surface area (Å²) in [6.45, 7) is 0. The summed E-state index contributed by atoms with van der Waals surface area (Å²) in [7, 11) is 0. The number of benzene rings is 1. The lowest BCUT2D eigenvalue weighted by Crippen LogP contribution is -2.44. The Bertz CT molecular complexity index is 725. The molecule has 0 aliphatic rings. The molecule has 2 rings (SSSR count). The smallest absolute Gasteiger partial charge is 0.248 e. The summed E-state index contributed by atoms with van der Waals surface area (Å²) in [5, 5.41) is 8.15. The van der Waals surface area contributed by atoms with Gasteiger partial charge in [-0.2, -0.15) is 0 Å². The first-order chi connectivity index (χ1) is 12.0. The van der Waals surface area contributed by atoms with E-state index in [1.54, 1.807) is 11.6 Å². The lowest BCUT2D eigenvalue weighted by atomic mass is 10.3. The molecule has 0 bridgehead atoms. The molecule has 11 heteroatoms. The van der Waals surface area contributed by atoms with Gasteiger partial charge in [0.2, 0.25) is 11.8 Å². The lowest BCUT2D eigenvalue weighted by Gasteiger charge is -2.11. The van der Waals surface area contributed by atoms with Crippen LogP contribution in [0.4, 0.5) is 10.8 Å². The molecule has 132 valence electrons. The van der Waals surface area contributed by atoms with Crippen LogP contribution in [0.5, 0.6) is 0 Å². The Morgan fingerprint density at radius 3 is 2.52 bits per heavy atom. The number of nitrogens with zero attached hydrogens (tertiary/aromatic N) is 1. The zero-order chi connectivity index (χ0) is 18.1. The monoisotopic (exact) mass is 459 g/mol. The van der Waals surface area contributed by atoms with Crippen LogP contribution in [-0.2, 0) is 9.59 Å². The molecule has 0 radical (unpaired) electrons. The van der Waals surface area contributed by atoms with Crippen LogP contribution < -0.4 is 21.5 Å². The second kappa shape index (κ2) is 10.3. The SMILES string of the molecule is O=C(CSCC(=O)Nc1nccs1)NNC(=S)Nc1ccc(Br)cc1. The number of aromatic nitrogens is 1. The maximum absolute atomic E-state index is 11.7. The Hall–Kier alpha value is -1.69. The highest BCUT2D eigenvalue weighted by molar-refractivity contribution is 9.10. The van der Waals surface area contributed by atoms with Crippen molar-refractivity contribution in [2.75, 3.05) is 22.1 Å². The van der Waals surface area contributed by atoms with Gasteiger partial charge in [-0.25, -0.2) is 4.98 Å². The third-order valence-electron chi connectivity index (χ3n) is 2.56. The number of halogens is 1. The highest BCUT2D eigenvalue weighted by Crippen LogP contribution is 2.14. The van der Waals surface area contributed by atoms with E-state index in [1.165, 1.54) is 23.1 Å².